The Kier molecular flexibility index (Phi) is 5.81. The minimum atomic E-state index is 0.690. The molecule has 5 aromatic heterocycles. The van der Waals surface area contributed by atoms with Crippen molar-refractivity contribution in [1.29, 1.82) is 0 Å². The van der Waals surface area contributed by atoms with E-state index in [1.807, 2.05) is 22.7 Å². The minimum Gasteiger partial charge on any atom is -0.277 e. The van der Waals surface area contributed by atoms with Crippen LogP contribution in [0.25, 0.3) is 121 Å². The van der Waals surface area contributed by atoms with Crippen molar-refractivity contribution in [2.45, 2.75) is 0 Å². The normalized spacial score (nSPS) is 12.4. The van der Waals surface area contributed by atoms with Crippen LogP contribution in [-0.4, -0.2) is 14.5 Å². The van der Waals surface area contributed by atoms with Gasteiger partial charge in [-0.15, -0.1) is 34.0 Å². The van der Waals surface area contributed by atoms with Crippen LogP contribution in [-0.2, 0) is 0 Å². The van der Waals surface area contributed by atoms with Gasteiger partial charge in [0.2, 0.25) is 5.95 Å². The number of rotatable bonds is 2. The van der Waals surface area contributed by atoms with Crippen molar-refractivity contribution in [2.24, 2.45) is 0 Å². The second-order valence-electron chi connectivity index (χ2n) is 14.0. The molecule has 0 saturated carbocycles. The molecule has 8 aromatic carbocycles. The van der Waals surface area contributed by atoms with Crippen molar-refractivity contribution >= 4 is 138 Å². The molecule has 6 heteroatoms. The molecule has 250 valence electrons. The lowest BCUT2D eigenvalue weighted by atomic mass is 10.00. The van der Waals surface area contributed by atoms with Gasteiger partial charge in [0.15, 0.2) is 0 Å². The van der Waals surface area contributed by atoms with Crippen LogP contribution in [0.5, 0.6) is 0 Å². The Hall–Kier alpha value is -6.18. The van der Waals surface area contributed by atoms with Crippen molar-refractivity contribution in [3.05, 3.63) is 152 Å². The van der Waals surface area contributed by atoms with E-state index in [-0.39, 0.29) is 0 Å². The van der Waals surface area contributed by atoms with Gasteiger partial charge in [-0.1, -0.05) is 115 Å². The summed E-state index contributed by atoms with van der Waals surface area (Å²) in [6, 6.07) is 55.4. The Balaban J connectivity index is 1.24. The Morgan fingerprint density at radius 3 is 1.93 bits per heavy atom. The van der Waals surface area contributed by atoms with Crippen molar-refractivity contribution in [1.82, 2.24) is 14.5 Å². The molecule has 0 radical (unpaired) electrons. The van der Waals surface area contributed by atoms with Crippen LogP contribution >= 0.6 is 34.0 Å². The SMILES string of the molecule is c1ccc2c(c1)ccc1sc3c(-c4ccc5sc6ccccc6c5c4)nc(-n4c5ccccc5c5c6c7ccccc7sc6c6ccccc6c54)nc3c12. The van der Waals surface area contributed by atoms with E-state index in [1.54, 1.807) is 11.3 Å². The van der Waals surface area contributed by atoms with Crippen molar-refractivity contribution in [2.75, 3.05) is 0 Å². The highest BCUT2D eigenvalue weighted by Crippen LogP contribution is 2.49. The molecule has 0 amide bonds. The number of thiophene rings is 3. The maximum Gasteiger partial charge on any atom is 0.235 e. The van der Waals surface area contributed by atoms with Gasteiger partial charge in [-0.2, -0.15) is 0 Å². The van der Waals surface area contributed by atoms with Gasteiger partial charge >= 0.3 is 0 Å². The highest BCUT2D eigenvalue weighted by atomic mass is 32.1. The molecule has 0 unspecified atom stereocenters. The molecule has 0 aliphatic rings. The second-order valence-corrected chi connectivity index (χ2v) is 17.2. The summed E-state index contributed by atoms with van der Waals surface area (Å²) in [7, 11) is 0. The minimum absolute atomic E-state index is 0.690. The molecular weight excluding hydrogens is 715 g/mol. The molecule has 3 nitrogen and oxygen atoms in total. The highest BCUT2D eigenvalue weighted by molar-refractivity contribution is 7.27. The summed E-state index contributed by atoms with van der Waals surface area (Å²) in [5, 5.41) is 13.7. The van der Waals surface area contributed by atoms with Gasteiger partial charge in [0.25, 0.3) is 0 Å². The third kappa shape index (κ3) is 3.84. The summed E-state index contributed by atoms with van der Waals surface area (Å²) in [5.41, 5.74) is 5.33. The summed E-state index contributed by atoms with van der Waals surface area (Å²) in [4.78, 5) is 11.3. The van der Waals surface area contributed by atoms with Gasteiger partial charge in [-0.05, 0) is 47.2 Å². The predicted octanol–water partition coefficient (Wildman–Crippen LogP) is 14.7. The lowest BCUT2D eigenvalue weighted by Gasteiger charge is -2.12. The van der Waals surface area contributed by atoms with Crippen LogP contribution in [0, 0.1) is 0 Å². The summed E-state index contributed by atoms with van der Waals surface area (Å²) >= 11 is 5.54. The molecule has 0 atom stereocenters. The summed E-state index contributed by atoms with van der Waals surface area (Å²) in [6.45, 7) is 0. The zero-order chi connectivity index (χ0) is 35.1. The third-order valence-corrected chi connectivity index (χ3v) is 14.7. The fraction of sp³-hybridized carbons (Fsp3) is 0. The van der Waals surface area contributed by atoms with Gasteiger partial charge in [-0.25, -0.2) is 9.97 Å². The monoisotopic (exact) mass is 739 g/mol. The van der Waals surface area contributed by atoms with Crippen LogP contribution in [0.1, 0.15) is 0 Å². The van der Waals surface area contributed by atoms with Crippen LogP contribution in [0.15, 0.2) is 152 Å². The number of benzene rings is 8. The Morgan fingerprint density at radius 2 is 1.06 bits per heavy atom. The number of para-hydroxylation sites is 1. The third-order valence-electron chi connectivity index (χ3n) is 11.2. The van der Waals surface area contributed by atoms with Crippen LogP contribution in [0.3, 0.4) is 0 Å². The van der Waals surface area contributed by atoms with E-state index in [0.29, 0.717) is 5.95 Å². The van der Waals surface area contributed by atoms with E-state index < -0.39 is 0 Å². The first-order chi connectivity index (χ1) is 26.8. The zero-order valence-electron chi connectivity index (χ0n) is 28.5. The number of hydrogen-bond donors (Lipinski definition) is 0. The lowest BCUT2D eigenvalue weighted by molar-refractivity contribution is 1.02. The topological polar surface area (TPSA) is 30.7 Å². The van der Waals surface area contributed by atoms with E-state index in [0.717, 1.165) is 32.5 Å². The van der Waals surface area contributed by atoms with E-state index in [1.165, 1.54) is 82.7 Å². The van der Waals surface area contributed by atoms with Crippen molar-refractivity contribution in [3.8, 4) is 17.2 Å². The molecule has 0 aliphatic heterocycles. The first-order valence-corrected chi connectivity index (χ1v) is 20.5. The summed E-state index contributed by atoms with van der Waals surface area (Å²) < 4.78 is 9.90. The first kappa shape index (κ1) is 29.3. The van der Waals surface area contributed by atoms with Gasteiger partial charge in [0.1, 0.15) is 0 Å². The smallest absolute Gasteiger partial charge is 0.235 e. The maximum absolute atomic E-state index is 5.67. The van der Waals surface area contributed by atoms with E-state index in [2.05, 4.69) is 156 Å². The fourth-order valence-electron chi connectivity index (χ4n) is 8.89. The average Bonchev–Trinajstić information content (AvgIpc) is 3.99. The summed E-state index contributed by atoms with van der Waals surface area (Å²) in [6.07, 6.45) is 0. The largest absolute Gasteiger partial charge is 0.277 e. The van der Waals surface area contributed by atoms with E-state index in [9.17, 15) is 0 Å². The molecule has 0 aliphatic carbocycles. The highest BCUT2D eigenvalue weighted by Gasteiger charge is 2.25. The standard InChI is InChI=1S/C48H25N3S3/c1-2-12-28-26(11-1)21-24-39-40(28)44-47(54-39)43(27-22-23-38-34(25-27)29-13-6-9-19-36(29)52-38)49-48(50-44)51-35-18-8-5-16-32(35)41-42-33-17-7-10-20-37(33)53-46(42)31-15-4-3-14-30(31)45(41)51/h1-25H. The Bertz CT molecular complexity index is 3750. The zero-order valence-corrected chi connectivity index (χ0v) is 30.9. The van der Waals surface area contributed by atoms with Gasteiger partial charge in [0, 0.05) is 77.5 Å². The van der Waals surface area contributed by atoms with Gasteiger partial charge in [0.05, 0.1) is 26.9 Å². The number of aromatic nitrogens is 3. The van der Waals surface area contributed by atoms with Crippen molar-refractivity contribution in [3.63, 3.8) is 0 Å². The van der Waals surface area contributed by atoms with Crippen LogP contribution in [0.4, 0.5) is 0 Å². The Morgan fingerprint density at radius 1 is 0.407 bits per heavy atom. The molecule has 0 spiro atoms. The van der Waals surface area contributed by atoms with Crippen molar-refractivity contribution < 1.29 is 0 Å². The molecule has 0 saturated heterocycles. The average molecular weight is 740 g/mol. The quantitative estimate of drug-likeness (QED) is 0.177. The van der Waals surface area contributed by atoms with E-state index in [4.69, 9.17) is 9.97 Å². The van der Waals surface area contributed by atoms with Gasteiger partial charge < -0.3 is 0 Å². The maximum atomic E-state index is 5.67. The Labute approximate surface area is 319 Å². The van der Waals surface area contributed by atoms with Crippen LogP contribution < -0.4 is 0 Å². The molecule has 13 aromatic rings. The molecular formula is C48H25N3S3. The molecule has 0 bridgehead atoms. The lowest BCUT2D eigenvalue weighted by Crippen LogP contribution is -2.03. The number of fused-ring (bicyclic) bond motifs is 18. The summed E-state index contributed by atoms with van der Waals surface area (Å²) in [5.74, 6) is 0.690. The first-order valence-electron chi connectivity index (χ1n) is 18.1. The van der Waals surface area contributed by atoms with Gasteiger partial charge in [-0.3, -0.25) is 4.57 Å². The van der Waals surface area contributed by atoms with Crippen LogP contribution in [0.2, 0.25) is 0 Å². The fourth-order valence-corrected chi connectivity index (χ4v) is 12.4. The van der Waals surface area contributed by atoms with E-state index >= 15 is 0 Å². The number of hydrogen-bond acceptors (Lipinski definition) is 5. The second kappa shape index (κ2) is 10.7. The molecule has 0 fully saturated rings. The molecule has 54 heavy (non-hydrogen) atoms. The molecule has 5 heterocycles. The number of nitrogens with zero attached hydrogens (tertiary/aromatic N) is 3. The molecule has 13 rings (SSSR count). The molecule has 0 N–H and O–H groups in total. The predicted molar refractivity (Wildman–Crippen MR) is 235 cm³/mol.